The molecule has 100 valence electrons. The first-order chi connectivity index (χ1) is 8.69. The van der Waals surface area contributed by atoms with E-state index in [4.69, 9.17) is 5.21 Å². The minimum Gasteiger partial charge on any atom is -0.411 e. The normalized spacial score (nSPS) is 22.5. The van der Waals surface area contributed by atoms with Crippen LogP contribution in [-0.2, 0) is 4.79 Å². The summed E-state index contributed by atoms with van der Waals surface area (Å²) in [6, 6.07) is 0. The van der Waals surface area contributed by atoms with Gasteiger partial charge in [-0.15, -0.1) is 0 Å². The van der Waals surface area contributed by atoms with E-state index in [-0.39, 0.29) is 5.91 Å². The first kappa shape index (κ1) is 13.1. The molecule has 0 unspecified atom stereocenters. The molecular weight excluding hydrogens is 230 g/mol. The van der Waals surface area contributed by atoms with Crippen molar-refractivity contribution in [1.82, 2.24) is 9.80 Å². The standard InChI is InChI=1S/C13H21N3O2/c1-15-6-2-4-11(9-15)8-12(14-18)10-16-7-3-5-13(16)17/h4,18H,2-3,5-10H2,1H3. The highest BCUT2D eigenvalue weighted by Crippen LogP contribution is 2.15. The molecule has 0 bridgehead atoms. The van der Waals surface area contributed by atoms with Crippen molar-refractivity contribution >= 4 is 11.6 Å². The van der Waals surface area contributed by atoms with Gasteiger partial charge in [0.05, 0.1) is 12.3 Å². The first-order valence-electron chi connectivity index (χ1n) is 6.53. The molecule has 1 saturated heterocycles. The molecule has 2 aliphatic rings. The Labute approximate surface area is 108 Å². The van der Waals surface area contributed by atoms with E-state index in [1.54, 1.807) is 4.90 Å². The number of likely N-dealkylation sites (tertiary alicyclic amines) is 1. The maximum atomic E-state index is 11.5. The molecule has 1 fully saturated rings. The second-order valence-corrected chi connectivity index (χ2v) is 5.15. The lowest BCUT2D eigenvalue weighted by molar-refractivity contribution is -0.127. The third kappa shape index (κ3) is 3.32. The lowest BCUT2D eigenvalue weighted by Gasteiger charge is -2.24. The second-order valence-electron chi connectivity index (χ2n) is 5.15. The van der Waals surface area contributed by atoms with E-state index in [2.05, 4.69) is 23.2 Å². The molecule has 5 heteroatoms. The van der Waals surface area contributed by atoms with Gasteiger partial charge < -0.3 is 15.0 Å². The van der Waals surface area contributed by atoms with Crippen molar-refractivity contribution < 1.29 is 10.0 Å². The molecule has 18 heavy (non-hydrogen) atoms. The molecule has 0 aromatic rings. The van der Waals surface area contributed by atoms with Crippen LogP contribution in [0, 0.1) is 0 Å². The zero-order valence-corrected chi connectivity index (χ0v) is 10.9. The van der Waals surface area contributed by atoms with Gasteiger partial charge in [-0.25, -0.2) is 0 Å². The average Bonchev–Trinajstić information content (AvgIpc) is 2.74. The van der Waals surface area contributed by atoms with E-state index in [0.29, 0.717) is 25.1 Å². The molecule has 1 N–H and O–H groups in total. The molecular formula is C13H21N3O2. The summed E-state index contributed by atoms with van der Waals surface area (Å²) in [5.74, 6) is 0.172. The molecule has 0 spiro atoms. The maximum absolute atomic E-state index is 11.5. The quantitative estimate of drug-likeness (QED) is 0.352. The Balaban J connectivity index is 1.89. The van der Waals surface area contributed by atoms with Crippen LogP contribution in [0.3, 0.4) is 0 Å². The molecule has 2 rings (SSSR count). The summed E-state index contributed by atoms with van der Waals surface area (Å²) >= 11 is 0. The van der Waals surface area contributed by atoms with Gasteiger partial charge in [-0.05, 0) is 19.9 Å². The monoisotopic (exact) mass is 251 g/mol. The molecule has 2 heterocycles. The molecule has 1 amide bonds. The number of rotatable bonds is 4. The van der Waals surface area contributed by atoms with E-state index in [1.807, 2.05) is 0 Å². The van der Waals surface area contributed by atoms with Gasteiger partial charge in [0, 0.05) is 32.5 Å². The van der Waals surface area contributed by atoms with Crippen molar-refractivity contribution in [3.05, 3.63) is 11.6 Å². The van der Waals surface area contributed by atoms with E-state index in [1.165, 1.54) is 5.57 Å². The van der Waals surface area contributed by atoms with E-state index in [0.717, 1.165) is 32.5 Å². The fourth-order valence-electron chi connectivity index (χ4n) is 2.58. The van der Waals surface area contributed by atoms with Crippen LogP contribution in [0.1, 0.15) is 25.7 Å². The van der Waals surface area contributed by atoms with Crippen LogP contribution in [-0.4, -0.2) is 59.9 Å². The Morgan fingerprint density at radius 1 is 1.50 bits per heavy atom. The summed E-state index contributed by atoms with van der Waals surface area (Å²) in [5, 5.41) is 12.4. The topological polar surface area (TPSA) is 56.1 Å². The van der Waals surface area contributed by atoms with Crippen molar-refractivity contribution in [2.75, 3.05) is 33.2 Å². The van der Waals surface area contributed by atoms with Crippen LogP contribution in [0.5, 0.6) is 0 Å². The summed E-state index contributed by atoms with van der Waals surface area (Å²) in [6.45, 7) is 3.26. The van der Waals surface area contributed by atoms with Gasteiger partial charge in [0.25, 0.3) is 0 Å². The van der Waals surface area contributed by atoms with Crippen molar-refractivity contribution in [3.63, 3.8) is 0 Å². The summed E-state index contributed by atoms with van der Waals surface area (Å²) in [6.07, 6.45) is 5.49. The van der Waals surface area contributed by atoms with Crippen LogP contribution in [0.25, 0.3) is 0 Å². The Bertz CT molecular complexity index is 376. The molecule has 0 saturated carbocycles. The number of amides is 1. The predicted octanol–water partition coefficient (Wildman–Crippen LogP) is 1.09. The van der Waals surface area contributed by atoms with Crippen molar-refractivity contribution in [1.29, 1.82) is 0 Å². The van der Waals surface area contributed by atoms with Crippen molar-refractivity contribution in [3.8, 4) is 0 Å². The fourth-order valence-corrected chi connectivity index (χ4v) is 2.58. The van der Waals surface area contributed by atoms with Crippen LogP contribution in [0.2, 0.25) is 0 Å². The molecule has 2 aliphatic heterocycles. The second kappa shape index (κ2) is 6.00. The molecule has 5 nitrogen and oxygen atoms in total. The van der Waals surface area contributed by atoms with Crippen LogP contribution in [0.4, 0.5) is 0 Å². The van der Waals surface area contributed by atoms with Crippen molar-refractivity contribution in [2.24, 2.45) is 5.16 Å². The third-order valence-corrected chi connectivity index (χ3v) is 3.53. The zero-order chi connectivity index (χ0) is 13.0. The number of hydrogen-bond donors (Lipinski definition) is 1. The van der Waals surface area contributed by atoms with Gasteiger partial charge in [-0.1, -0.05) is 16.8 Å². The van der Waals surface area contributed by atoms with Gasteiger partial charge in [-0.2, -0.15) is 0 Å². The summed E-state index contributed by atoms with van der Waals surface area (Å²) in [7, 11) is 2.09. The number of likely N-dealkylation sites (N-methyl/N-ethyl adjacent to an activating group) is 1. The smallest absolute Gasteiger partial charge is 0.222 e. The van der Waals surface area contributed by atoms with Crippen LogP contribution in [0.15, 0.2) is 16.8 Å². The van der Waals surface area contributed by atoms with Crippen LogP contribution < -0.4 is 0 Å². The van der Waals surface area contributed by atoms with Crippen LogP contribution >= 0.6 is 0 Å². The molecule has 0 aliphatic carbocycles. The summed E-state index contributed by atoms with van der Waals surface area (Å²) in [4.78, 5) is 15.6. The van der Waals surface area contributed by atoms with Gasteiger partial charge >= 0.3 is 0 Å². The molecule has 0 atom stereocenters. The van der Waals surface area contributed by atoms with E-state index in [9.17, 15) is 4.79 Å². The number of carbonyl (C=O) groups is 1. The number of carbonyl (C=O) groups excluding carboxylic acids is 1. The summed E-state index contributed by atoms with van der Waals surface area (Å²) in [5.41, 5.74) is 1.97. The Hall–Kier alpha value is -1.36. The van der Waals surface area contributed by atoms with Gasteiger partial charge in [0.2, 0.25) is 5.91 Å². The molecule has 0 aromatic heterocycles. The highest BCUT2D eigenvalue weighted by atomic mass is 16.4. The highest BCUT2D eigenvalue weighted by Gasteiger charge is 2.22. The molecule has 0 aromatic carbocycles. The number of nitrogens with zero attached hydrogens (tertiary/aromatic N) is 3. The number of hydrogen-bond acceptors (Lipinski definition) is 4. The largest absolute Gasteiger partial charge is 0.411 e. The zero-order valence-electron chi connectivity index (χ0n) is 10.9. The van der Waals surface area contributed by atoms with Gasteiger partial charge in [-0.3, -0.25) is 4.79 Å². The Morgan fingerprint density at radius 2 is 2.33 bits per heavy atom. The average molecular weight is 251 g/mol. The van der Waals surface area contributed by atoms with Gasteiger partial charge in [0.1, 0.15) is 0 Å². The Morgan fingerprint density at radius 3 is 2.94 bits per heavy atom. The van der Waals surface area contributed by atoms with E-state index < -0.39 is 0 Å². The first-order valence-corrected chi connectivity index (χ1v) is 6.53. The van der Waals surface area contributed by atoms with E-state index >= 15 is 0 Å². The third-order valence-electron chi connectivity index (χ3n) is 3.53. The molecule has 0 radical (unpaired) electrons. The fraction of sp³-hybridized carbons (Fsp3) is 0.692. The minimum absolute atomic E-state index is 0.172. The van der Waals surface area contributed by atoms with Crippen molar-refractivity contribution in [2.45, 2.75) is 25.7 Å². The van der Waals surface area contributed by atoms with Gasteiger partial charge in [0.15, 0.2) is 0 Å². The maximum Gasteiger partial charge on any atom is 0.222 e. The SMILES string of the molecule is CN1CCC=C(CC(CN2CCCC2=O)=NO)C1. The predicted molar refractivity (Wildman–Crippen MR) is 69.8 cm³/mol. The summed E-state index contributed by atoms with van der Waals surface area (Å²) < 4.78 is 0. The highest BCUT2D eigenvalue weighted by molar-refractivity contribution is 5.91. The lowest BCUT2D eigenvalue weighted by Crippen LogP contribution is -2.32. The lowest BCUT2D eigenvalue weighted by atomic mass is 10.0. The number of oxime groups is 1. The Kier molecular flexibility index (Phi) is 4.36. The minimum atomic E-state index is 0.172.